The van der Waals surface area contributed by atoms with Crippen molar-refractivity contribution < 1.29 is 9.72 Å². The number of carbonyl (C=O) groups excluding carboxylic acids is 1. The first-order valence-electron chi connectivity index (χ1n) is 6.08. The highest BCUT2D eigenvalue weighted by molar-refractivity contribution is 5.96. The molecule has 0 aliphatic rings. The van der Waals surface area contributed by atoms with Crippen LogP contribution in [0.1, 0.15) is 21.6 Å². The van der Waals surface area contributed by atoms with Crippen molar-refractivity contribution in [2.75, 3.05) is 6.54 Å². The molecule has 0 bridgehead atoms. The molecule has 1 amide bonds. The fraction of sp³-hybridized carbons (Fsp3) is 0.231. The minimum Gasteiger partial charge on any atom is -0.352 e. The zero-order chi connectivity index (χ0) is 14.5. The summed E-state index contributed by atoms with van der Waals surface area (Å²) >= 11 is 0. The Labute approximate surface area is 115 Å². The lowest BCUT2D eigenvalue weighted by Gasteiger charge is -2.07. The van der Waals surface area contributed by atoms with E-state index < -0.39 is 4.92 Å². The molecule has 1 heterocycles. The Bertz CT molecular complexity index is 623. The normalized spacial score (nSPS) is 10.2. The molecule has 1 aromatic carbocycles. The van der Waals surface area contributed by atoms with Gasteiger partial charge in [0.1, 0.15) is 0 Å². The maximum Gasteiger partial charge on any atom is 0.270 e. The SMILES string of the molecule is Cc1ccc([N+](=O)[O-])cc1C(=O)NCCc1cnc[nH]1. The van der Waals surface area contributed by atoms with E-state index in [4.69, 9.17) is 0 Å². The number of aromatic nitrogens is 2. The van der Waals surface area contributed by atoms with E-state index in [1.54, 1.807) is 25.5 Å². The molecule has 20 heavy (non-hydrogen) atoms. The first kappa shape index (κ1) is 13.7. The molecular weight excluding hydrogens is 260 g/mol. The number of H-pyrrole nitrogens is 1. The summed E-state index contributed by atoms with van der Waals surface area (Å²) in [6, 6.07) is 4.25. The summed E-state index contributed by atoms with van der Waals surface area (Å²) in [6.07, 6.45) is 3.88. The number of hydrogen-bond acceptors (Lipinski definition) is 4. The van der Waals surface area contributed by atoms with Crippen LogP contribution in [0.15, 0.2) is 30.7 Å². The third kappa shape index (κ3) is 3.19. The van der Waals surface area contributed by atoms with Gasteiger partial charge >= 0.3 is 0 Å². The highest BCUT2D eigenvalue weighted by Gasteiger charge is 2.14. The second-order valence-corrected chi connectivity index (χ2v) is 4.34. The number of amides is 1. The monoisotopic (exact) mass is 274 g/mol. The molecule has 104 valence electrons. The lowest BCUT2D eigenvalue weighted by molar-refractivity contribution is -0.384. The van der Waals surface area contributed by atoms with Crippen LogP contribution < -0.4 is 5.32 Å². The number of aromatic amines is 1. The van der Waals surface area contributed by atoms with E-state index in [2.05, 4.69) is 15.3 Å². The van der Waals surface area contributed by atoms with E-state index >= 15 is 0 Å². The third-order valence-electron chi connectivity index (χ3n) is 2.91. The summed E-state index contributed by atoms with van der Waals surface area (Å²) in [5, 5.41) is 13.5. The van der Waals surface area contributed by atoms with Crippen LogP contribution in [0.3, 0.4) is 0 Å². The molecule has 0 saturated carbocycles. The zero-order valence-electron chi connectivity index (χ0n) is 10.9. The van der Waals surface area contributed by atoms with Gasteiger partial charge in [0.05, 0.1) is 11.3 Å². The van der Waals surface area contributed by atoms with E-state index in [9.17, 15) is 14.9 Å². The lowest BCUT2D eigenvalue weighted by atomic mass is 10.1. The number of aryl methyl sites for hydroxylation is 1. The maximum absolute atomic E-state index is 12.0. The van der Waals surface area contributed by atoms with Crippen molar-refractivity contribution in [3.05, 3.63) is 57.7 Å². The number of imidazole rings is 1. The molecule has 0 unspecified atom stereocenters. The number of nitrogens with one attached hydrogen (secondary N) is 2. The molecule has 0 saturated heterocycles. The number of benzene rings is 1. The van der Waals surface area contributed by atoms with Crippen molar-refractivity contribution in [3.63, 3.8) is 0 Å². The number of nitro groups is 1. The summed E-state index contributed by atoms with van der Waals surface area (Å²) in [5.74, 6) is -0.314. The van der Waals surface area contributed by atoms with Crippen molar-refractivity contribution in [2.24, 2.45) is 0 Å². The molecule has 7 heteroatoms. The van der Waals surface area contributed by atoms with Gasteiger partial charge in [-0.3, -0.25) is 14.9 Å². The largest absolute Gasteiger partial charge is 0.352 e. The van der Waals surface area contributed by atoms with Crippen LogP contribution in [-0.2, 0) is 6.42 Å². The van der Waals surface area contributed by atoms with E-state index in [1.165, 1.54) is 12.1 Å². The fourth-order valence-corrected chi connectivity index (χ4v) is 1.80. The molecule has 0 fully saturated rings. The Morgan fingerprint density at radius 1 is 1.50 bits per heavy atom. The molecule has 2 aromatic rings. The van der Waals surface area contributed by atoms with Gasteiger partial charge in [-0.25, -0.2) is 4.98 Å². The summed E-state index contributed by atoms with van der Waals surface area (Å²) in [7, 11) is 0. The van der Waals surface area contributed by atoms with E-state index in [0.29, 0.717) is 24.1 Å². The summed E-state index contributed by atoms with van der Waals surface area (Å²) < 4.78 is 0. The minimum atomic E-state index is -0.513. The topological polar surface area (TPSA) is 101 Å². The number of carbonyl (C=O) groups is 1. The van der Waals surface area contributed by atoms with Crippen LogP contribution in [0.2, 0.25) is 0 Å². The van der Waals surface area contributed by atoms with Crippen LogP contribution in [0, 0.1) is 17.0 Å². The summed E-state index contributed by atoms with van der Waals surface area (Å²) in [6.45, 7) is 2.18. The second kappa shape index (κ2) is 5.96. The predicted molar refractivity (Wildman–Crippen MR) is 72.5 cm³/mol. The molecule has 1 aromatic heterocycles. The first-order valence-corrected chi connectivity index (χ1v) is 6.08. The van der Waals surface area contributed by atoms with Gasteiger partial charge < -0.3 is 10.3 Å². The van der Waals surface area contributed by atoms with Crippen LogP contribution in [0.25, 0.3) is 0 Å². The van der Waals surface area contributed by atoms with Crippen LogP contribution >= 0.6 is 0 Å². The van der Waals surface area contributed by atoms with Gasteiger partial charge in [0, 0.05) is 42.6 Å². The van der Waals surface area contributed by atoms with Gasteiger partial charge in [0.25, 0.3) is 11.6 Å². The Kier molecular flexibility index (Phi) is 4.09. The number of non-ortho nitro benzene ring substituents is 1. The molecular formula is C13H14N4O3. The van der Waals surface area contributed by atoms with Crippen molar-refractivity contribution in [3.8, 4) is 0 Å². The molecule has 0 aliphatic carbocycles. The van der Waals surface area contributed by atoms with Gasteiger partial charge in [0.15, 0.2) is 0 Å². The van der Waals surface area contributed by atoms with Crippen LogP contribution in [-0.4, -0.2) is 27.3 Å². The standard InChI is InChI=1S/C13H14N4O3/c1-9-2-3-11(17(19)20)6-12(9)13(18)15-5-4-10-7-14-8-16-10/h2-3,6-8H,4-5H2,1H3,(H,14,16)(H,15,18). The molecule has 0 aliphatic heterocycles. The zero-order valence-corrected chi connectivity index (χ0v) is 10.9. The van der Waals surface area contributed by atoms with Gasteiger partial charge in [-0.15, -0.1) is 0 Å². The molecule has 0 atom stereocenters. The number of nitrogens with zero attached hydrogens (tertiary/aromatic N) is 2. The Morgan fingerprint density at radius 2 is 2.30 bits per heavy atom. The average molecular weight is 274 g/mol. The van der Waals surface area contributed by atoms with E-state index in [1.807, 2.05) is 0 Å². The van der Waals surface area contributed by atoms with E-state index in [0.717, 1.165) is 5.69 Å². The summed E-state index contributed by atoms with van der Waals surface area (Å²) in [5.41, 5.74) is 1.86. The fourth-order valence-electron chi connectivity index (χ4n) is 1.80. The molecule has 7 nitrogen and oxygen atoms in total. The van der Waals surface area contributed by atoms with Crippen molar-refractivity contribution in [1.82, 2.24) is 15.3 Å². The third-order valence-corrected chi connectivity index (χ3v) is 2.91. The van der Waals surface area contributed by atoms with Crippen molar-refractivity contribution in [1.29, 1.82) is 0 Å². The van der Waals surface area contributed by atoms with Gasteiger partial charge in [-0.05, 0) is 12.5 Å². The number of hydrogen-bond donors (Lipinski definition) is 2. The van der Waals surface area contributed by atoms with Gasteiger partial charge in [-0.2, -0.15) is 0 Å². The Morgan fingerprint density at radius 3 is 2.95 bits per heavy atom. The molecule has 0 spiro atoms. The highest BCUT2D eigenvalue weighted by atomic mass is 16.6. The smallest absolute Gasteiger partial charge is 0.270 e. The Balaban J connectivity index is 2.01. The number of nitro benzene ring substituents is 1. The van der Waals surface area contributed by atoms with Gasteiger partial charge in [-0.1, -0.05) is 6.07 Å². The van der Waals surface area contributed by atoms with E-state index in [-0.39, 0.29) is 11.6 Å². The maximum atomic E-state index is 12.0. The quantitative estimate of drug-likeness (QED) is 0.638. The predicted octanol–water partition coefficient (Wildman–Crippen LogP) is 1.60. The lowest BCUT2D eigenvalue weighted by Crippen LogP contribution is -2.26. The Hall–Kier alpha value is -2.70. The van der Waals surface area contributed by atoms with Crippen LogP contribution in [0.4, 0.5) is 5.69 Å². The molecule has 0 radical (unpaired) electrons. The molecule has 2 N–H and O–H groups in total. The van der Waals surface area contributed by atoms with Crippen molar-refractivity contribution >= 4 is 11.6 Å². The highest BCUT2D eigenvalue weighted by Crippen LogP contribution is 2.17. The first-order chi connectivity index (χ1) is 9.58. The second-order valence-electron chi connectivity index (χ2n) is 4.34. The van der Waals surface area contributed by atoms with Gasteiger partial charge in [0.2, 0.25) is 0 Å². The minimum absolute atomic E-state index is 0.0886. The number of rotatable bonds is 5. The molecule has 2 rings (SSSR count). The van der Waals surface area contributed by atoms with Crippen molar-refractivity contribution in [2.45, 2.75) is 13.3 Å². The average Bonchev–Trinajstić information content (AvgIpc) is 2.92. The summed E-state index contributed by atoms with van der Waals surface area (Å²) in [4.78, 5) is 29.0. The van der Waals surface area contributed by atoms with Crippen LogP contribution in [0.5, 0.6) is 0 Å².